The number of nitrogens with one attached hydrogen (secondary N) is 1. The Morgan fingerprint density at radius 1 is 1.17 bits per heavy atom. The number of nitrogens with two attached hydrogens (primary N) is 1. The van der Waals surface area contributed by atoms with E-state index in [0.717, 1.165) is 4.31 Å². The van der Waals surface area contributed by atoms with Crippen molar-refractivity contribution in [3.05, 3.63) is 57.0 Å². The maximum atomic E-state index is 12.9. The number of amides is 1. The molecule has 2 rings (SSSR count). The fourth-order valence-corrected chi connectivity index (χ4v) is 4.08. The average molecular weight is 453 g/mol. The van der Waals surface area contributed by atoms with Gasteiger partial charge in [0.05, 0.1) is 20.6 Å². The van der Waals surface area contributed by atoms with Gasteiger partial charge in [-0.05, 0) is 36.4 Å². The molecule has 0 heterocycles. The third-order valence-electron chi connectivity index (χ3n) is 3.02. The Morgan fingerprint density at radius 3 is 2.46 bits per heavy atom. The Kier molecular flexibility index (Phi) is 6.11. The summed E-state index contributed by atoms with van der Waals surface area (Å²) < 4.78 is 27.5. The first-order valence-electron chi connectivity index (χ1n) is 6.48. The third-order valence-corrected chi connectivity index (χ3v) is 6.03. The van der Waals surface area contributed by atoms with Crippen molar-refractivity contribution in [1.82, 2.24) is 5.43 Å². The molecule has 0 fully saturated rings. The normalized spacial score (nSPS) is 11.2. The second kappa shape index (κ2) is 7.71. The predicted molar refractivity (Wildman–Crippen MR) is 97.5 cm³/mol. The van der Waals surface area contributed by atoms with Gasteiger partial charge in [0.25, 0.3) is 15.9 Å². The lowest BCUT2D eigenvalue weighted by Gasteiger charge is -2.24. The van der Waals surface area contributed by atoms with Crippen LogP contribution in [-0.2, 0) is 14.8 Å². The Balaban J connectivity index is 2.56. The van der Waals surface area contributed by atoms with Crippen molar-refractivity contribution < 1.29 is 13.2 Å². The molecule has 3 N–H and O–H groups in total. The molecule has 128 valence electrons. The van der Waals surface area contributed by atoms with E-state index in [4.69, 9.17) is 29.0 Å². The Labute approximate surface area is 157 Å². The lowest BCUT2D eigenvalue weighted by atomic mass is 10.3. The topological polar surface area (TPSA) is 92.5 Å². The Bertz CT molecular complexity index is 877. The number of carbonyl (C=O) groups excluding carboxylic acids is 1. The number of hydrazine groups is 1. The standard InChI is InChI=1S/C14H12BrCl2N3O3S/c15-9-2-1-3-10(6-9)20(8-14(21)19-18)24(22,23)11-4-5-12(16)13(17)7-11/h1-7H,8,18H2,(H,19,21). The van der Waals surface area contributed by atoms with Crippen LogP contribution in [0.1, 0.15) is 0 Å². The summed E-state index contributed by atoms with van der Waals surface area (Å²) in [5.74, 6) is 4.42. The molecule has 1 amide bonds. The Morgan fingerprint density at radius 2 is 1.88 bits per heavy atom. The first-order valence-corrected chi connectivity index (χ1v) is 9.47. The van der Waals surface area contributed by atoms with Crippen molar-refractivity contribution >= 4 is 60.7 Å². The van der Waals surface area contributed by atoms with Crippen molar-refractivity contribution in [1.29, 1.82) is 0 Å². The van der Waals surface area contributed by atoms with Gasteiger partial charge in [-0.3, -0.25) is 14.5 Å². The highest BCUT2D eigenvalue weighted by atomic mass is 79.9. The molecule has 24 heavy (non-hydrogen) atoms. The lowest BCUT2D eigenvalue weighted by molar-refractivity contribution is -0.119. The molecule has 0 spiro atoms. The van der Waals surface area contributed by atoms with Crippen molar-refractivity contribution in [2.75, 3.05) is 10.8 Å². The van der Waals surface area contributed by atoms with Gasteiger partial charge in [-0.1, -0.05) is 45.2 Å². The number of halogens is 3. The van der Waals surface area contributed by atoms with Gasteiger partial charge in [-0.2, -0.15) is 0 Å². The molecule has 0 atom stereocenters. The van der Waals surface area contributed by atoms with Gasteiger partial charge in [-0.15, -0.1) is 0 Å². The van der Waals surface area contributed by atoms with Crippen LogP contribution in [0.2, 0.25) is 10.0 Å². The van der Waals surface area contributed by atoms with E-state index in [1.54, 1.807) is 24.3 Å². The molecule has 0 unspecified atom stereocenters. The van der Waals surface area contributed by atoms with E-state index in [2.05, 4.69) is 15.9 Å². The van der Waals surface area contributed by atoms with Crippen molar-refractivity contribution in [2.24, 2.45) is 5.84 Å². The molecule has 0 aliphatic carbocycles. The molecule has 0 radical (unpaired) electrons. The SMILES string of the molecule is NNC(=O)CN(c1cccc(Br)c1)S(=O)(=O)c1ccc(Cl)c(Cl)c1. The highest BCUT2D eigenvalue weighted by Crippen LogP contribution is 2.30. The van der Waals surface area contributed by atoms with Crippen LogP contribution >= 0.6 is 39.1 Å². The van der Waals surface area contributed by atoms with Crippen LogP contribution in [0.25, 0.3) is 0 Å². The molecule has 6 nitrogen and oxygen atoms in total. The highest BCUT2D eigenvalue weighted by molar-refractivity contribution is 9.10. The van der Waals surface area contributed by atoms with Gasteiger partial charge in [-0.25, -0.2) is 14.3 Å². The third kappa shape index (κ3) is 4.20. The minimum absolute atomic E-state index is 0.0928. The van der Waals surface area contributed by atoms with E-state index in [1.807, 2.05) is 5.43 Å². The van der Waals surface area contributed by atoms with Crippen LogP contribution in [0.4, 0.5) is 5.69 Å². The maximum Gasteiger partial charge on any atom is 0.264 e. The van der Waals surface area contributed by atoms with Gasteiger partial charge in [0, 0.05) is 4.47 Å². The van der Waals surface area contributed by atoms with Crippen LogP contribution in [0.15, 0.2) is 51.8 Å². The van der Waals surface area contributed by atoms with Gasteiger partial charge >= 0.3 is 0 Å². The molecule has 2 aromatic carbocycles. The molecular weight excluding hydrogens is 441 g/mol. The second-order valence-electron chi connectivity index (χ2n) is 4.63. The summed E-state index contributed by atoms with van der Waals surface area (Å²) in [6.07, 6.45) is 0. The van der Waals surface area contributed by atoms with Gasteiger partial charge < -0.3 is 0 Å². The van der Waals surface area contributed by atoms with E-state index in [9.17, 15) is 13.2 Å². The predicted octanol–water partition coefficient (Wildman–Crippen LogP) is 2.94. The fraction of sp³-hybridized carbons (Fsp3) is 0.0714. The molecule has 0 aromatic heterocycles. The molecule has 0 aliphatic rings. The number of sulfonamides is 1. The molecule has 0 aliphatic heterocycles. The van der Waals surface area contributed by atoms with Gasteiger partial charge in [0.2, 0.25) is 0 Å². The van der Waals surface area contributed by atoms with Crippen LogP contribution in [0.3, 0.4) is 0 Å². The van der Waals surface area contributed by atoms with E-state index < -0.39 is 22.5 Å². The fourth-order valence-electron chi connectivity index (χ4n) is 1.89. The molecule has 2 aromatic rings. The van der Waals surface area contributed by atoms with Crippen molar-refractivity contribution in [3.8, 4) is 0 Å². The molecule has 10 heteroatoms. The highest BCUT2D eigenvalue weighted by Gasteiger charge is 2.27. The minimum atomic E-state index is -4.06. The number of hydrogen-bond acceptors (Lipinski definition) is 4. The van der Waals surface area contributed by atoms with E-state index in [1.165, 1.54) is 18.2 Å². The zero-order valence-corrected chi connectivity index (χ0v) is 16.0. The van der Waals surface area contributed by atoms with Crippen molar-refractivity contribution in [2.45, 2.75) is 4.90 Å². The second-order valence-corrected chi connectivity index (χ2v) is 8.23. The lowest BCUT2D eigenvalue weighted by Crippen LogP contribution is -2.43. The monoisotopic (exact) mass is 451 g/mol. The van der Waals surface area contributed by atoms with Crippen LogP contribution < -0.4 is 15.6 Å². The van der Waals surface area contributed by atoms with Gasteiger partial charge in [0.15, 0.2) is 0 Å². The van der Waals surface area contributed by atoms with E-state index >= 15 is 0 Å². The molecule has 0 bridgehead atoms. The average Bonchev–Trinajstić information content (AvgIpc) is 2.54. The minimum Gasteiger partial charge on any atom is -0.293 e. The zero-order chi connectivity index (χ0) is 17.9. The number of nitrogens with zero attached hydrogens (tertiary/aromatic N) is 1. The number of hydrogen-bond donors (Lipinski definition) is 2. The Hall–Kier alpha value is -1.32. The van der Waals surface area contributed by atoms with E-state index in [0.29, 0.717) is 10.2 Å². The number of carbonyl (C=O) groups is 1. The molecule has 0 saturated carbocycles. The van der Waals surface area contributed by atoms with Gasteiger partial charge in [0.1, 0.15) is 6.54 Å². The molecule has 0 saturated heterocycles. The maximum absolute atomic E-state index is 12.9. The first-order chi connectivity index (χ1) is 11.3. The largest absolute Gasteiger partial charge is 0.293 e. The first kappa shape index (κ1) is 19.0. The number of anilines is 1. The van der Waals surface area contributed by atoms with E-state index in [-0.39, 0.29) is 14.9 Å². The van der Waals surface area contributed by atoms with Crippen LogP contribution in [0.5, 0.6) is 0 Å². The zero-order valence-electron chi connectivity index (χ0n) is 12.0. The quantitative estimate of drug-likeness (QED) is 0.414. The summed E-state index contributed by atoms with van der Waals surface area (Å²) in [5.41, 5.74) is 2.21. The number of rotatable bonds is 5. The summed E-state index contributed by atoms with van der Waals surface area (Å²) in [6, 6.07) is 10.4. The summed E-state index contributed by atoms with van der Waals surface area (Å²) in [6.45, 7) is -0.491. The summed E-state index contributed by atoms with van der Waals surface area (Å²) in [7, 11) is -4.06. The number of benzene rings is 2. The van der Waals surface area contributed by atoms with Crippen LogP contribution in [-0.4, -0.2) is 20.9 Å². The van der Waals surface area contributed by atoms with Crippen LogP contribution in [0, 0.1) is 0 Å². The summed E-state index contributed by atoms with van der Waals surface area (Å²) >= 11 is 15.0. The summed E-state index contributed by atoms with van der Waals surface area (Å²) in [4.78, 5) is 11.6. The molecular formula is C14H12BrCl2N3O3S. The smallest absolute Gasteiger partial charge is 0.264 e. The van der Waals surface area contributed by atoms with Crippen molar-refractivity contribution in [3.63, 3.8) is 0 Å². The summed E-state index contributed by atoms with van der Waals surface area (Å²) in [5, 5.41) is 0.319.